The number of amides is 1. The van der Waals surface area contributed by atoms with Crippen molar-refractivity contribution in [1.82, 2.24) is 14.7 Å². The normalized spacial score (nSPS) is 11.3. The zero-order chi connectivity index (χ0) is 21.8. The van der Waals surface area contributed by atoms with Crippen LogP contribution in [0.4, 0.5) is 5.82 Å². The lowest BCUT2D eigenvalue weighted by atomic mass is 10.1. The van der Waals surface area contributed by atoms with Gasteiger partial charge < -0.3 is 15.8 Å². The third kappa shape index (κ3) is 4.33. The van der Waals surface area contributed by atoms with Gasteiger partial charge in [0.25, 0.3) is 17.1 Å². The van der Waals surface area contributed by atoms with Crippen LogP contribution in [-0.2, 0) is 11.3 Å². The Labute approximate surface area is 175 Å². The minimum atomic E-state index is -0.366. The van der Waals surface area contributed by atoms with Crippen molar-refractivity contribution in [2.24, 2.45) is 0 Å². The summed E-state index contributed by atoms with van der Waals surface area (Å²) in [4.78, 5) is 30.5. The fourth-order valence-corrected chi connectivity index (χ4v) is 3.27. The number of rotatable bonds is 8. The first-order chi connectivity index (χ1) is 14.3. The molecule has 0 atom stereocenters. The van der Waals surface area contributed by atoms with E-state index in [4.69, 9.17) is 10.5 Å². The third-order valence-corrected chi connectivity index (χ3v) is 4.73. The van der Waals surface area contributed by atoms with Crippen LogP contribution in [0.1, 0.15) is 36.2 Å². The van der Waals surface area contributed by atoms with Crippen LogP contribution in [-0.4, -0.2) is 34.5 Å². The van der Waals surface area contributed by atoms with Crippen LogP contribution in [0.25, 0.3) is 16.7 Å². The summed E-state index contributed by atoms with van der Waals surface area (Å²) in [5, 5.41) is 3.06. The molecule has 0 saturated heterocycles. The van der Waals surface area contributed by atoms with E-state index in [0.717, 1.165) is 5.56 Å². The number of nitrogen functional groups attached to an aromatic ring is 1. The van der Waals surface area contributed by atoms with Crippen molar-refractivity contribution in [1.29, 1.82) is 0 Å². The summed E-state index contributed by atoms with van der Waals surface area (Å²) >= 11 is 0. The minimum Gasteiger partial charge on any atom is -0.379 e. The van der Waals surface area contributed by atoms with Crippen LogP contribution in [0.2, 0.25) is 0 Å². The topological polar surface area (TPSA) is 103 Å². The van der Waals surface area contributed by atoms with Gasteiger partial charge in [-0.15, -0.1) is 6.58 Å². The Bertz CT molecular complexity index is 1170. The number of carbonyl (C=O) groups is 1. The van der Waals surface area contributed by atoms with Gasteiger partial charge in [-0.3, -0.25) is 14.0 Å². The van der Waals surface area contributed by atoms with Gasteiger partial charge >= 0.3 is 0 Å². The fraction of sp³-hybridized carbons (Fsp3) is 0.364. The molecular weight excluding hydrogens is 382 g/mol. The Morgan fingerprint density at radius 1 is 1.43 bits per heavy atom. The van der Waals surface area contributed by atoms with Gasteiger partial charge in [-0.25, -0.2) is 4.57 Å². The molecule has 0 aromatic carbocycles. The number of ether oxygens (including phenoxy) is 1. The van der Waals surface area contributed by atoms with E-state index < -0.39 is 0 Å². The lowest BCUT2D eigenvalue weighted by Gasteiger charge is -2.13. The highest BCUT2D eigenvalue weighted by molar-refractivity contribution is 6.00. The van der Waals surface area contributed by atoms with E-state index in [1.165, 1.54) is 10.5 Å². The highest BCUT2D eigenvalue weighted by Crippen LogP contribution is 2.15. The number of hydrogen-bond acceptors (Lipinski definition) is 5. The highest BCUT2D eigenvalue weighted by atomic mass is 16.5. The Kier molecular flexibility index (Phi) is 6.47. The second-order valence-electron chi connectivity index (χ2n) is 7.46. The molecule has 3 aromatic rings. The maximum absolute atomic E-state index is 13.2. The van der Waals surface area contributed by atoms with Crippen molar-refractivity contribution in [3.05, 3.63) is 58.5 Å². The molecule has 0 bridgehead atoms. The molecule has 0 aliphatic carbocycles. The van der Waals surface area contributed by atoms with Crippen LogP contribution in [0.15, 0.2) is 41.8 Å². The Balaban J connectivity index is 2.19. The molecule has 158 valence electrons. The minimum absolute atomic E-state index is 0.120. The molecule has 8 heteroatoms. The van der Waals surface area contributed by atoms with E-state index in [9.17, 15) is 9.59 Å². The number of nitrogens with one attached hydrogen (secondary N) is 1. The van der Waals surface area contributed by atoms with Gasteiger partial charge in [0.05, 0.1) is 12.6 Å². The van der Waals surface area contributed by atoms with Crippen LogP contribution in [0.3, 0.4) is 0 Å². The van der Waals surface area contributed by atoms with Gasteiger partial charge in [0, 0.05) is 25.8 Å². The van der Waals surface area contributed by atoms with Crippen molar-refractivity contribution in [3.63, 3.8) is 0 Å². The summed E-state index contributed by atoms with van der Waals surface area (Å²) in [5.74, 6) is -0.104. The molecule has 0 aliphatic heterocycles. The van der Waals surface area contributed by atoms with Gasteiger partial charge in [0.1, 0.15) is 10.9 Å². The number of pyridine rings is 2. The number of aryl methyl sites for hydroxylation is 2. The van der Waals surface area contributed by atoms with Gasteiger partial charge in [0.15, 0.2) is 0 Å². The predicted octanol–water partition coefficient (Wildman–Crippen LogP) is 1.76. The van der Waals surface area contributed by atoms with Crippen molar-refractivity contribution in [3.8, 4) is 0 Å². The number of carbonyl (C=O) groups excluding carboxylic acids is 1. The van der Waals surface area contributed by atoms with E-state index >= 15 is 0 Å². The van der Waals surface area contributed by atoms with Crippen LogP contribution in [0, 0.1) is 6.92 Å². The first-order valence-electron chi connectivity index (χ1n) is 9.99. The lowest BCUT2D eigenvalue weighted by molar-refractivity contribution is -0.659. The van der Waals surface area contributed by atoms with Crippen LogP contribution < -0.4 is 21.2 Å². The van der Waals surface area contributed by atoms with E-state index in [1.54, 1.807) is 22.9 Å². The summed E-state index contributed by atoms with van der Waals surface area (Å²) in [6, 6.07) is 5.21. The molecule has 1 amide bonds. The first kappa shape index (κ1) is 21.4. The monoisotopic (exact) mass is 410 g/mol. The van der Waals surface area contributed by atoms with Crippen LogP contribution >= 0.6 is 0 Å². The van der Waals surface area contributed by atoms with Crippen molar-refractivity contribution >= 4 is 28.4 Å². The average Bonchev–Trinajstić information content (AvgIpc) is 2.71. The lowest BCUT2D eigenvalue weighted by Crippen LogP contribution is -2.43. The summed E-state index contributed by atoms with van der Waals surface area (Å²) in [6.45, 7) is 10.7. The molecule has 3 aromatic heterocycles. The van der Waals surface area contributed by atoms with E-state index in [0.29, 0.717) is 42.8 Å². The average molecular weight is 410 g/mol. The van der Waals surface area contributed by atoms with Gasteiger partial charge in [-0.1, -0.05) is 17.1 Å². The number of aromatic nitrogens is 3. The maximum Gasteiger partial charge on any atom is 0.278 e. The molecule has 3 rings (SSSR count). The molecule has 0 saturated carbocycles. The molecule has 0 unspecified atom stereocenters. The van der Waals surface area contributed by atoms with Crippen molar-refractivity contribution < 1.29 is 14.1 Å². The zero-order valence-corrected chi connectivity index (χ0v) is 17.6. The predicted molar refractivity (Wildman–Crippen MR) is 117 cm³/mol. The number of nitrogens with two attached hydrogens (primary N) is 1. The number of hydrogen-bond donors (Lipinski definition) is 2. The summed E-state index contributed by atoms with van der Waals surface area (Å²) in [6.07, 6.45) is 4.10. The molecule has 0 aliphatic rings. The van der Waals surface area contributed by atoms with Crippen molar-refractivity contribution in [2.75, 3.05) is 18.9 Å². The second-order valence-corrected chi connectivity index (χ2v) is 7.46. The summed E-state index contributed by atoms with van der Waals surface area (Å²) in [5.41, 5.74) is 8.27. The molecule has 0 spiro atoms. The standard InChI is InChI=1S/C22H27N5O3/c1-5-9-24-21(28)16-12-17-20(26(19(16)23)10-6-11-30-14(2)3)25-18-8-7-15(4)13-27(18)22(17)29/h5,7-8,12-14,23H,1,6,9-11H2,2-4H3,(H,24,28)/p+1. The van der Waals surface area contributed by atoms with Gasteiger partial charge in [-0.2, -0.15) is 0 Å². The number of fused-ring (bicyclic) bond motifs is 2. The fourth-order valence-electron chi connectivity index (χ4n) is 3.27. The zero-order valence-electron chi connectivity index (χ0n) is 17.6. The second kappa shape index (κ2) is 9.04. The summed E-state index contributed by atoms with van der Waals surface area (Å²) < 4.78 is 8.84. The quantitative estimate of drug-likeness (QED) is 0.255. The van der Waals surface area contributed by atoms with Gasteiger partial charge in [-0.05, 0) is 38.5 Å². The SMILES string of the molecule is C=CCNC(=O)c1cc2c(=O)n3cc(C)ccc3nc2[n+](CCCOC(C)C)c1N. The third-order valence-electron chi connectivity index (χ3n) is 4.73. The maximum atomic E-state index is 13.2. The molecule has 0 fully saturated rings. The molecule has 3 N–H and O–H groups in total. The first-order valence-corrected chi connectivity index (χ1v) is 9.99. The Morgan fingerprint density at radius 3 is 2.90 bits per heavy atom. The van der Waals surface area contributed by atoms with Crippen molar-refractivity contribution in [2.45, 2.75) is 39.8 Å². The molecule has 30 heavy (non-hydrogen) atoms. The van der Waals surface area contributed by atoms with Gasteiger partial charge in [0.2, 0.25) is 11.5 Å². The summed E-state index contributed by atoms with van der Waals surface area (Å²) in [7, 11) is 0. The molecule has 0 radical (unpaired) electrons. The molecule has 3 heterocycles. The Hall–Kier alpha value is -3.26. The van der Waals surface area contributed by atoms with Crippen LogP contribution in [0.5, 0.6) is 0 Å². The smallest absolute Gasteiger partial charge is 0.278 e. The number of anilines is 1. The number of nitrogens with zero attached hydrogens (tertiary/aromatic N) is 3. The van der Waals surface area contributed by atoms with E-state index in [-0.39, 0.29) is 29.0 Å². The largest absolute Gasteiger partial charge is 0.379 e. The molecule has 8 nitrogen and oxygen atoms in total. The molecular formula is C22H28N5O3+. The Morgan fingerprint density at radius 2 is 2.20 bits per heavy atom. The van der Waals surface area contributed by atoms with E-state index in [1.807, 2.05) is 26.8 Å². The highest BCUT2D eigenvalue weighted by Gasteiger charge is 2.24. The van der Waals surface area contributed by atoms with E-state index in [2.05, 4.69) is 16.9 Å².